The van der Waals surface area contributed by atoms with Gasteiger partial charge in [-0.15, -0.1) is 0 Å². The summed E-state index contributed by atoms with van der Waals surface area (Å²) in [5.74, 6) is -0.351. The van der Waals surface area contributed by atoms with E-state index in [9.17, 15) is 4.79 Å². The molecule has 2 heterocycles. The van der Waals surface area contributed by atoms with Crippen LogP contribution in [0.15, 0.2) is 67.3 Å². The van der Waals surface area contributed by atoms with Gasteiger partial charge in [0.15, 0.2) is 0 Å². The van der Waals surface area contributed by atoms with E-state index in [0.29, 0.717) is 18.7 Å². The zero-order valence-corrected chi connectivity index (χ0v) is 13.1. The molecule has 0 bridgehead atoms. The number of anilines is 1. The molecule has 0 fully saturated rings. The van der Waals surface area contributed by atoms with Crippen molar-refractivity contribution in [2.45, 2.75) is 13.1 Å². The van der Waals surface area contributed by atoms with Gasteiger partial charge in [0, 0.05) is 37.0 Å². The second kappa shape index (κ2) is 7.92. The Labute approximate surface area is 140 Å². The molecule has 0 unspecified atom stereocenters. The van der Waals surface area contributed by atoms with Gasteiger partial charge in [-0.05, 0) is 29.8 Å². The second-order valence-electron chi connectivity index (χ2n) is 5.17. The molecular weight excluding hydrogens is 304 g/mol. The van der Waals surface area contributed by atoms with Crippen LogP contribution in [0.1, 0.15) is 15.9 Å². The number of para-hydroxylation sites is 1. The predicted octanol–water partition coefficient (Wildman–Crippen LogP) is 2.75. The molecule has 122 valence electrons. The van der Waals surface area contributed by atoms with Crippen molar-refractivity contribution >= 4 is 11.7 Å². The number of aromatic nitrogens is 3. The lowest BCUT2D eigenvalue weighted by atomic mass is 10.1. The fourth-order valence-corrected chi connectivity index (χ4v) is 2.26. The Bertz CT molecular complexity index is 773. The first-order valence-corrected chi connectivity index (χ1v) is 7.69. The van der Waals surface area contributed by atoms with Crippen LogP contribution < -0.4 is 5.32 Å². The van der Waals surface area contributed by atoms with Crippen molar-refractivity contribution in [1.82, 2.24) is 14.8 Å². The Morgan fingerprint density at radius 1 is 1.12 bits per heavy atom. The van der Waals surface area contributed by atoms with Gasteiger partial charge in [-0.3, -0.25) is 9.67 Å². The van der Waals surface area contributed by atoms with Crippen LogP contribution in [-0.2, 0) is 17.8 Å². The zero-order chi connectivity index (χ0) is 16.6. The number of benzene rings is 1. The summed E-state index contributed by atoms with van der Waals surface area (Å²) < 4.78 is 7.06. The largest absolute Gasteiger partial charge is 0.460 e. The van der Waals surface area contributed by atoms with Gasteiger partial charge in [-0.25, -0.2) is 4.79 Å². The van der Waals surface area contributed by atoms with Gasteiger partial charge < -0.3 is 10.1 Å². The normalized spacial score (nSPS) is 10.3. The number of ether oxygens (including phenoxy) is 1. The van der Waals surface area contributed by atoms with Crippen molar-refractivity contribution in [1.29, 1.82) is 0 Å². The third kappa shape index (κ3) is 4.19. The summed E-state index contributed by atoms with van der Waals surface area (Å²) in [6, 6.07) is 13.0. The topological polar surface area (TPSA) is 69.0 Å². The van der Waals surface area contributed by atoms with Crippen LogP contribution in [0.5, 0.6) is 0 Å². The van der Waals surface area contributed by atoms with Crippen LogP contribution in [0.25, 0.3) is 0 Å². The minimum absolute atomic E-state index is 0.275. The second-order valence-corrected chi connectivity index (χ2v) is 5.17. The van der Waals surface area contributed by atoms with E-state index < -0.39 is 0 Å². The standard InChI is InChI=1S/C18H18N4O2/c23-18(24-12-11-22-10-4-9-21-22)16-6-1-2-7-17(16)20-14-15-5-3-8-19-13-15/h1-10,13,20H,11-12,14H2. The quantitative estimate of drug-likeness (QED) is 0.677. The Kier molecular flexibility index (Phi) is 5.19. The molecule has 0 amide bonds. The van der Waals surface area contributed by atoms with Crippen LogP contribution in [0.3, 0.4) is 0 Å². The van der Waals surface area contributed by atoms with Gasteiger partial charge in [0.25, 0.3) is 0 Å². The van der Waals surface area contributed by atoms with Crippen molar-refractivity contribution in [3.63, 3.8) is 0 Å². The molecule has 6 heteroatoms. The third-order valence-electron chi connectivity index (χ3n) is 3.47. The average Bonchev–Trinajstić information content (AvgIpc) is 3.14. The van der Waals surface area contributed by atoms with E-state index in [2.05, 4.69) is 15.4 Å². The molecular formula is C18H18N4O2. The highest BCUT2D eigenvalue weighted by Gasteiger charge is 2.12. The van der Waals surface area contributed by atoms with Gasteiger partial charge in [0.2, 0.25) is 0 Å². The van der Waals surface area contributed by atoms with Crippen molar-refractivity contribution in [2.75, 3.05) is 11.9 Å². The van der Waals surface area contributed by atoms with E-state index in [1.54, 1.807) is 29.3 Å². The summed E-state index contributed by atoms with van der Waals surface area (Å²) >= 11 is 0. The lowest BCUT2D eigenvalue weighted by molar-refractivity contribution is 0.0489. The predicted molar refractivity (Wildman–Crippen MR) is 90.5 cm³/mol. The number of esters is 1. The Morgan fingerprint density at radius 2 is 2.04 bits per heavy atom. The monoisotopic (exact) mass is 322 g/mol. The number of pyridine rings is 1. The SMILES string of the molecule is O=C(OCCn1cccn1)c1ccccc1NCc1cccnc1. The molecule has 0 saturated heterocycles. The number of carbonyl (C=O) groups excluding carboxylic acids is 1. The molecule has 0 aliphatic rings. The lowest BCUT2D eigenvalue weighted by Gasteiger charge is -2.12. The van der Waals surface area contributed by atoms with Crippen LogP contribution in [-0.4, -0.2) is 27.3 Å². The highest BCUT2D eigenvalue weighted by molar-refractivity contribution is 5.95. The maximum absolute atomic E-state index is 12.3. The van der Waals surface area contributed by atoms with Crippen LogP contribution in [0.2, 0.25) is 0 Å². The molecule has 0 atom stereocenters. The average molecular weight is 322 g/mol. The summed E-state index contributed by atoms with van der Waals surface area (Å²) in [6.07, 6.45) is 7.04. The van der Waals surface area contributed by atoms with Crippen LogP contribution >= 0.6 is 0 Å². The number of hydrogen-bond donors (Lipinski definition) is 1. The minimum Gasteiger partial charge on any atom is -0.460 e. The van der Waals surface area contributed by atoms with Crippen LogP contribution in [0, 0.1) is 0 Å². The first-order valence-electron chi connectivity index (χ1n) is 7.69. The number of hydrogen-bond acceptors (Lipinski definition) is 5. The molecule has 3 aromatic rings. The van der Waals surface area contributed by atoms with E-state index in [4.69, 9.17) is 4.74 Å². The highest BCUT2D eigenvalue weighted by Crippen LogP contribution is 2.17. The summed E-state index contributed by atoms with van der Waals surface area (Å²) in [7, 11) is 0. The van der Waals surface area contributed by atoms with Crippen molar-refractivity contribution in [3.05, 3.63) is 78.4 Å². The van der Waals surface area contributed by atoms with Crippen molar-refractivity contribution < 1.29 is 9.53 Å². The van der Waals surface area contributed by atoms with Gasteiger partial charge in [0.05, 0.1) is 12.1 Å². The third-order valence-corrected chi connectivity index (χ3v) is 3.47. The van der Waals surface area contributed by atoms with E-state index in [1.807, 2.05) is 42.6 Å². The smallest absolute Gasteiger partial charge is 0.340 e. The molecule has 2 aromatic heterocycles. The summed E-state index contributed by atoms with van der Waals surface area (Å²) in [5, 5.41) is 7.33. The van der Waals surface area contributed by atoms with Gasteiger partial charge in [0.1, 0.15) is 6.61 Å². The maximum Gasteiger partial charge on any atom is 0.340 e. The maximum atomic E-state index is 12.3. The number of nitrogens with zero attached hydrogens (tertiary/aromatic N) is 3. The minimum atomic E-state index is -0.351. The molecule has 3 rings (SSSR count). The first-order chi connectivity index (χ1) is 11.8. The highest BCUT2D eigenvalue weighted by atomic mass is 16.5. The summed E-state index contributed by atoms with van der Waals surface area (Å²) in [6.45, 7) is 1.40. The van der Waals surface area contributed by atoms with Crippen molar-refractivity contribution in [3.8, 4) is 0 Å². The molecule has 0 radical (unpaired) electrons. The fourth-order valence-electron chi connectivity index (χ4n) is 2.26. The fraction of sp³-hybridized carbons (Fsp3) is 0.167. The van der Waals surface area contributed by atoms with Gasteiger partial charge in [-0.1, -0.05) is 18.2 Å². The van der Waals surface area contributed by atoms with E-state index >= 15 is 0 Å². The number of nitrogens with one attached hydrogen (secondary N) is 1. The summed E-state index contributed by atoms with van der Waals surface area (Å²) in [5.41, 5.74) is 2.30. The van der Waals surface area contributed by atoms with E-state index in [0.717, 1.165) is 11.3 Å². The molecule has 0 saturated carbocycles. The van der Waals surface area contributed by atoms with Crippen molar-refractivity contribution in [2.24, 2.45) is 0 Å². The first kappa shape index (κ1) is 15.7. The lowest BCUT2D eigenvalue weighted by Crippen LogP contribution is -2.14. The molecule has 0 aliphatic carbocycles. The molecule has 1 aromatic carbocycles. The summed E-state index contributed by atoms with van der Waals surface area (Å²) in [4.78, 5) is 16.4. The molecule has 24 heavy (non-hydrogen) atoms. The van der Waals surface area contributed by atoms with E-state index in [-0.39, 0.29) is 12.6 Å². The van der Waals surface area contributed by atoms with Gasteiger partial charge in [-0.2, -0.15) is 5.10 Å². The molecule has 6 nitrogen and oxygen atoms in total. The van der Waals surface area contributed by atoms with Crippen LogP contribution in [0.4, 0.5) is 5.69 Å². The molecule has 1 N–H and O–H groups in total. The zero-order valence-electron chi connectivity index (χ0n) is 13.1. The van der Waals surface area contributed by atoms with Gasteiger partial charge >= 0.3 is 5.97 Å². The Balaban J connectivity index is 1.59. The van der Waals surface area contributed by atoms with E-state index in [1.165, 1.54) is 0 Å². The number of carbonyl (C=O) groups is 1. The molecule has 0 spiro atoms. The Morgan fingerprint density at radius 3 is 2.83 bits per heavy atom. The Hall–Kier alpha value is -3.15. The molecule has 0 aliphatic heterocycles. The number of rotatable bonds is 7.